The van der Waals surface area contributed by atoms with E-state index in [1.807, 2.05) is 13.8 Å². The molecule has 2 heterocycles. The van der Waals surface area contributed by atoms with Crippen LogP contribution in [0.4, 0.5) is 0 Å². The monoisotopic (exact) mass is 388 g/mol. The van der Waals surface area contributed by atoms with Gasteiger partial charge in [-0.1, -0.05) is 12.1 Å². The minimum atomic E-state index is -3.71. The Morgan fingerprint density at radius 1 is 1.22 bits per heavy atom. The molecule has 10 heteroatoms. The summed E-state index contributed by atoms with van der Waals surface area (Å²) in [5.41, 5.74) is 3.51. The number of benzene rings is 1. The smallest absolute Gasteiger partial charge is 0.252 e. The van der Waals surface area contributed by atoms with Gasteiger partial charge in [0.05, 0.1) is 4.90 Å². The molecule has 0 atom stereocenters. The third kappa shape index (κ3) is 4.29. The molecule has 142 valence electrons. The molecule has 1 amide bonds. The Balaban J connectivity index is 1.59. The number of hydrogen-bond acceptors (Lipinski definition) is 6. The largest absolute Gasteiger partial charge is 0.352 e. The summed E-state index contributed by atoms with van der Waals surface area (Å²) >= 11 is 0. The number of rotatable bonds is 6. The number of nitrogens with two attached hydrogens (primary N) is 1. The number of carbonyl (C=O) groups is 1. The van der Waals surface area contributed by atoms with Crippen LogP contribution in [0.1, 0.15) is 28.9 Å². The van der Waals surface area contributed by atoms with Gasteiger partial charge in [0.15, 0.2) is 0 Å². The third-order valence-electron chi connectivity index (χ3n) is 4.33. The van der Waals surface area contributed by atoms with E-state index in [0.717, 1.165) is 22.5 Å². The highest BCUT2D eigenvalue weighted by molar-refractivity contribution is 7.89. The molecule has 3 rings (SSSR count). The summed E-state index contributed by atoms with van der Waals surface area (Å²) in [5, 5.41) is 12.0. The number of nitrogens with zero attached hydrogens (tertiary/aromatic N) is 4. The number of aryl methyl sites for hydroxylation is 2. The van der Waals surface area contributed by atoms with Gasteiger partial charge < -0.3 is 5.32 Å². The van der Waals surface area contributed by atoms with Gasteiger partial charge in [-0.2, -0.15) is 10.1 Å². The summed E-state index contributed by atoms with van der Waals surface area (Å²) in [6.45, 7) is 4.13. The lowest BCUT2D eigenvalue weighted by molar-refractivity contribution is -0.121. The molecule has 0 aliphatic carbocycles. The Labute approximate surface area is 156 Å². The maximum Gasteiger partial charge on any atom is 0.252 e. The van der Waals surface area contributed by atoms with E-state index < -0.39 is 10.0 Å². The molecule has 0 aliphatic heterocycles. The average Bonchev–Trinajstić information content (AvgIpc) is 3.08. The van der Waals surface area contributed by atoms with E-state index in [1.54, 1.807) is 16.6 Å². The zero-order chi connectivity index (χ0) is 19.6. The van der Waals surface area contributed by atoms with Gasteiger partial charge in [-0.15, -0.1) is 0 Å². The number of amides is 1. The van der Waals surface area contributed by atoms with Gasteiger partial charge in [-0.3, -0.25) is 4.79 Å². The number of hydrogen-bond donors (Lipinski definition) is 2. The fourth-order valence-electron chi connectivity index (χ4n) is 2.84. The van der Waals surface area contributed by atoms with E-state index in [1.165, 1.54) is 18.5 Å². The van der Waals surface area contributed by atoms with E-state index in [0.29, 0.717) is 25.2 Å². The molecule has 0 radical (unpaired) electrons. The fourth-order valence-corrected chi connectivity index (χ4v) is 3.36. The number of carbonyl (C=O) groups excluding carboxylic acids is 1. The van der Waals surface area contributed by atoms with Crippen molar-refractivity contribution < 1.29 is 13.2 Å². The molecule has 27 heavy (non-hydrogen) atoms. The van der Waals surface area contributed by atoms with Gasteiger partial charge in [0.1, 0.15) is 6.33 Å². The Morgan fingerprint density at radius 2 is 1.93 bits per heavy atom. The summed E-state index contributed by atoms with van der Waals surface area (Å²) in [5.74, 6) is 0.434. The molecular formula is C17H20N6O3S. The summed E-state index contributed by atoms with van der Waals surface area (Å²) in [4.78, 5) is 20.7. The van der Waals surface area contributed by atoms with Crippen LogP contribution < -0.4 is 10.5 Å². The number of sulfonamides is 1. The molecule has 0 unspecified atom stereocenters. The summed E-state index contributed by atoms with van der Waals surface area (Å²) in [6.07, 6.45) is 2.29. The third-order valence-corrected chi connectivity index (χ3v) is 5.26. The topological polar surface area (TPSA) is 132 Å². The number of nitrogens with one attached hydrogen (secondary N) is 1. The molecular weight excluding hydrogens is 368 g/mol. The van der Waals surface area contributed by atoms with Gasteiger partial charge in [-0.05, 0) is 43.5 Å². The summed E-state index contributed by atoms with van der Waals surface area (Å²) in [6, 6.07) is 6.08. The highest BCUT2D eigenvalue weighted by Gasteiger charge is 2.13. The first-order valence-corrected chi connectivity index (χ1v) is 9.84. The van der Waals surface area contributed by atoms with E-state index in [4.69, 9.17) is 5.14 Å². The van der Waals surface area contributed by atoms with Crippen molar-refractivity contribution in [3.05, 3.63) is 53.1 Å². The lowest BCUT2D eigenvalue weighted by Gasteiger charge is -2.10. The minimum Gasteiger partial charge on any atom is -0.352 e. The molecule has 3 N–H and O–H groups in total. The standard InChI is InChI=1S/C17H20N6O3S/c1-11-15(12(2)23-17(22-11)20-10-21-23)7-8-16(24)19-9-13-3-5-14(6-4-13)27(18,25)26/h3-6,10H,7-9H2,1-2H3,(H,19,24)(H2,18,25,26). The highest BCUT2D eigenvalue weighted by Crippen LogP contribution is 2.15. The highest BCUT2D eigenvalue weighted by atomic mass is 32.2. The first-order valence-electron chi connectivity index (χ1n) is 8.30. The molecule has 3 aromatic rings. The molecule has 1 aromatic carbocycles. The van der Waals surface area contributed by atoms with Crippen molar-refractivity contribution in [1.82, 2.24) is 24.9 Å². The Kier molecular flexibility index (Phi) is 5.19. The molecule has 0 aliphatic rings. The zero-order valence-corrected chi connectivity index (χ0v) is 15.8. The van der Waals surface area contributed by atoms with Crippen molar-refractivity contribution in [3.63, 3.8) is 0 Å². The van der Waals surface area contributed by atoms with E-state index >= 15 is 0 Å². The predicted molar refractivity (Wildman–Crippen MR) is 98.2 cm³/mol. The molecule has 0 fully saturated rings. The Bertz CT molecular complexity index is 1090. The summed E-state index contributed by atoms with van der Waals surface area (Å²) in [7, 11) is -3.71. The van der Waals surface area contributed by atoms with Crippen LogP contribution in [0.25, 0.3) is 5.78 Å². The number of aromatic nitrogens is 4. The van der Waals surface area contributed by atoms with E-state index in [-0.39, 0.29) is 10.8 Å². The van der Waals surface area contributed by atoms with Gasteiger partial charge in [-0.25, -0.2) is 23.1 Å². The van der Waals surface area contributed by atoms with Gasteiger partial charge in [0.25, 0.3) is 5.78 Å². The molecule has 2 aromatic heterocycles. The van der Waals surface area contributed by atoms with Crippen molar-refractivity contribution >= 4 is 21.7 Å². The molecule has 9 nitrogen and oxygen atoms in total. The zero-order valence-electron chi connectivity index (χ0n) is 15.0. The minimum absolute atomic E-state index is 0.0412. The van der Waals surface area contributed by atoms with Crippen LogP contribution in [0.15, 0.2) is 35.5 Å². The van der Waals surface area contributed by atoms with Crippen LogP contribution in [0.2, 0.25) is 0 Å². The second-order valence-electron chi connectivity index (χ2n) is 6.20. The normalized spacial score (nSPS) is 11.7. The quantitative estimate of drug-likeness (QED) is 0.637. The van der Waals surface area contributed by atoms with Crippen LogP contribution in [0.3, 0.4) is 0 Å². The van der Waals surface area contributed by atoms with Gasteiger partial charge in [0, 0.05) is 24.4 Å². The summed E-state index contributed by atoms with van der Waals surface area (Å²) < 4.78 is 24.1. The predicted octanol–water partition coefficient (Wildman–Crippen LogP) is 0.638. The van der Waals surface area contributed by atoms with Gasteiger partial charge >= 0.3 is 0 Å². The molecule has 0 saturated carbocycles. The maximum atomic E-state index is 12.2. The maximum absolute atomic E-state index is 12.2. The first-order chi connectivity index (χ1) is 12.8. The SMILES string of the molecule is Cc1nc2ncnn2c(C)c1CCC(=O)NCc1ccc(S(N)(=O)=O)cc1. The lowest BCUT2D eigenvalue weighted by atomic mass is 10.1. The second-order valence-corrected chi connectivity index (χ2v) is 7.76. The van der Waals surface area contributed by atoms with Crippen LogP contribution in [-0.2, 0) is 27.8 Å². The average molecular weight is 388 g/mol. The van der Waals surface area contributed by atoms with Crippen molar-refractivity contribution in [2.75, 3.05) is 0 Å². The molecule has 0 spiro atoms. The van der Waals surface area contributed by atoms with E-state index in [2.05, 4.69) is 20.4 Å². The molecule has 0 bridgehead atoms. The van der Waals surface area contributed by atoms with Crippen LogP contribution in [0, 0.1) is 13.8 Å². The number of fused-ring (bicyclic) bond motifs is 1. The van der Waals surface area contributed by atoms with Crippen LogP contribution in [-0.4, -0.2) is 33.9 Å². The van der Waals surface area contributed by atoms with Crippen molar-refractivity contribution in [3.8, 4) is 0 Å². The second kappa shape index (κ2) is 7.41. The first kappa shape index (κ1) is 18.9. The van der Waals surface area contributed by atoms with Crippen molar-refractivity contribution in [1.29, 1.82) is 0 Å². The van der Waals surface area contributed by atoms with Crippen LogP contribution in [0.5, 0.6) is 0 Å². The molecule has 0 saturated heterocycles. The van der Waals surface area contributed by atoms with E-state index in [9.17, 15) is 13.2 Å². The lowest BCUT2D eigenvalue weighted by Crippen LogP contribution is -2.23. The van der Waals surface area contributed by atoms with Gasteiger partial charge in [0.2, 0.25) is 15.9 Å². The fraction of sp³-hybridized carbons (Fsp3) is 0.294. The number of primary sulfonamides is 1. The van der Waals surface area contributed by atoms with Crippen LogP contribution >= 0.6 is 0 Å². The van der Waals surface area contributed by atoms with Crippen molar-refractivity contribution in [2.45, 2.75) is 38.1 Å². The Hall–Kier alpha value is -2.85. The van der Waals surface area contributed by atoms with Crippen molar-refractivity contribution in [2.24, 2.45) is 5.14 Å². The Morgan fingerprint density at radius 3 is 2.59 bits per heavy atom.